The molecule has 0 spiro atoms. The molecule has 1 aromatic rings. The van der Waals surface area contributed by atoms with Gasteiger partial charge in [0.05, 0.1) is 5.75 Å². The van der Waals surface area contributed by atoms with Crippen LogP contribution in [0, 0.1) is 0 Å². The third-order valence-corrected chi connectivity index (χ3v) is 6.78. The molecule has 0 aliphatic carbocycles. The van der Waals surface area contributed by atoms with Gasteiger partial charge in [-0.15, -0.1) is 0 Å². The summed E-state index contributed by atoms with van der Waals surface area (Å²) >= 11 is 0. The number of hydrogen-bond donors (Lipinski definition) is 0. The first kappa shape index (κ1) is 16.5. The Morgan fingerprint density at radius 2 is 1.90 bits per heavy atom. The lowest BCUT2D eigenvalue weighted by molar-refractivity contribution is 0.170. The van der Waals surface area contributed by atoms with Crippen LogP contribution in [0.25, 0.3) is 0 Å². The first-order valence-corrected chi connectivity index (χ1v) is 9.68. The van der Waals surface area contributed by atoms with Crippen LogP contribution in [-0.2, 0) is 9.73 Å². The van der Waals surface area contributed by atoms with Crippen molar-refractivity contribution in [3.63, 3.8) is 0 Å². The zero-order valence-electron chi connectivity index (χ0n) is 13.9. The lowest BCUT2D eigenvalue weighted by atomic mass is 9.92. The van der Waals surface area contributed by atoms with E-state index in [0.717, 1.165) is 6.54 Å². The van der Waals surface area contributed by atoms with Crippen molar-refractivity contribution in [1.29, 1.82) is 0 Å². The SMILES string of the molecule is CN=S1(=O)CCN(C(C)C)C(c2ccccc2C(C)C)C1. The maximum atomic E-state index is 12.8. The van der Waals surface area contributed by atoms with Crippen LogP contribution >= 0.6 is 0 Å². The third-order valence-electron chi connectivity index (χ3n) is 4.46. The van der Waals surface area contributed by atoms with Gasteiger partial charge in [-0.05, 0) is 30.9 Å². The highest BCUT2D eigenvalue weighted by molar-refractivity contribution is 7.93. The lowest BCUT2D eigenvalue weighted by Gasteiger charge is -2.41. The van der Waals surface area contributed by atoms with E-state index >= 15 is 0 Å². The molecule has 0 radical (unpaired) electrons. The maximum Gasteiger partial charge on any atom is 0.0516 e. The molecule has 3 nitrogen and oxygen atoms in total. The van der Waals surface area contributed by atoms with E-state index in [2.05, 4.69) is 61.2 Å². The van der Waals surface area contributed by atoms with Gasteiger partial charge in [-0.25, -0.2) is 8.57 Å². The van der Waals surface area contributed by atoms with Crippen molar-refractivity contribution in [2.45, 2.75) is 45.7 Å². The van der Waals surface area contributed by atoms with Crippen LogP contribution in [0.4, 0.5) is 0 Å². The Labute approximate surface area is 129 Å². The molecule has 2 rings (SSSR count). The van der Waals surface area contributed by atoms with Crippen LogP contribution in [0.5, 0.6) is 0 Å². The predicted molar refractivity (Wildman–Crippen MR) is 91.3 cm³/mol. The molecule has 21 heavy (non-hydrogen) atoms. The van der Waals surface area contributed by atoms with Crippen molar-refractivity contribution in [1.82, 2.24) is 4.90 Å². The zero-order valence-corrected chi connectivity index (χ0v) is 14.7. The Bertz CT molecular complexity index is 601. The largest absolute Gasteiger partial charge is 0.292 e. The number of nitrogens with zero attached hydrogens (tertiary/aromatic N) is 2. The highest BCUT2D eigenvalue weighted by atomic mass is 32.2. The Morgan fingerprint density at radius 1 is 1.24 bits per heavy atom. The highest BCUT2D eigenvalue weighted by Gasteiger charge is 2.33. The van der Waals surface area contributed by atoms with Crippen molar-refractivity contribution in [3.05, 3.63) is 35.4 Å². The summed E-state index contributed by atoms with van der Waals surface area (Å²) < 4.78 is 17.0. The van der Waals surface area contributed by atoms with E-state index in [-0.39, 0.29) is 6.04 Å². The van der Waals surface area contributed by atoms with Gasteiger partial charge in [0, 0.05) is 41.2 Å². The number of rotatable bonds is 3. The van der Waals surface area contributed by atoms with Crippen LogP contribution in [0.15, 0.2) is 28.6 Å². The smallest absolute Gasteiger partial charge is 0.0516 e. The van der Waals surface area contributed by atoms with Gasteiger partial charge >= 0.3 is 0 Å². The monoisotopic (exact) mass is 308 g/mol. The van der Waals surface area contributed by atoms with Crippen molar-refractivity contribution in [3.8, 4) is 0 Å². The molecule has 1 fully saturated rings. The standard InChI is InChI=1S/C17H28N2OS/c1-13(2)15-8-6-7-9-16(15)17-12-21(20,18-5)11-10-19(17)14(3)4/h6-9,13-14,17H,10-12H2,1-5H3. The second-order valence-corrected chi connectivity index (χ2v) is 9.11. The molecule has 118 valence electrons. The van der Waals surface area contributed by atoms with Gasteiger partial charge in [0.1, 0.15) is 0 Å². The molecule has 0 aromatic heterocycles. The molecule has 0 N–H and O–H groups in total. The quantitative estimate of drug-likeness (QED) is 0.853. The molecule has 0 amide bonds. The fraction of sp³-hybridized carbons (Fsp3) is 0.647. The van der Waals surface area contributed by atoms with Crippen LogP contribution in [0.2, 0.25) is 0 Å². The number of hydrogen-bond acceptors (Lipinski definition) is 3. The number of benzene rings is 1. The van der Waals surface area contributed by atoms with Gasteiger partial charge in [0.2, 0.25) is 0 Å². The Hall–Kier alpha value is -0.870. The molecule has 2 unspecified atom stereocenters. The molecule has 0 saturated carbocycles. The van der Waals surface area contributed by atoms with Crippen LogP contribution in [0.3, 0.4) is 0 Å². The van der Waals surface area contributed by atoms with E-state index in [4.69, 9.17) is 0 Å². The molecule has 1 aliphatic heterocycles. The Morgan fingerprint density at radius 3 is 2.48 bits per heavy atom. The fourth-order valence-electron chi connectivity index (χ4n) is 3.22. The summed E-state index contributed by atoms with van der Waals surface area (Å²) in [6.45, 7) is 9.76. The van der Waals surface area contributed by atoms with Crippen molar-refractivity contribution >= 4 is 9.73 Å². The second kappa shape index (κ2) is 6.49. The normalized spacial score (nSPS) is 27.3. The van der Waals surface area contributed by atoms with Crippen LogP contribution in [-0.4, -0.2) is 40.2 Å². The molecule has 1 aromatic carbocycles. The average Bonchev–Trinajstić information content (AvgIpc) is 2.46. The van der Waals surface area contributed by atoms with Gasteiger partial charge in [0.25, 0.3) is 0 Å². The van der Waals surface area contributed by atoms with E-state index in [9.17, 15) is 4.21 Å². The van der Waals surface area contributed by atoms with Crippen LogP contribution < -0.4 is 0 Å². The summed E-state index contributed by atoms with van der Waals surface area (Å²) in [4.78, 5) is 2.48. The minimum atomic E-state index is -2.05. The molecular weight excluding hydrogens is 280 g/mol. The van der Waals surface area contributed by atoms with E-state index in [1.807, 2.05) is 0 Å². The molecule has 1 saturated heterocycles. The zero-order chi connectivity index (χ0) is 15.6. The van der Waals surface area contributed by atoms with Crippen molar-refractivity contribution < 1.29 is 4.21 Å². The van der Waals surface area contributed by atoms with Gasteiger partial charge < -0.3 is 0 Å². The summed E-state index contributed by atoms with van der Waals surface area (Å²) in [7, 11) is -0.344. The summed E-state index contributed by atoms with van der Waals surface area (Å²) in [6, 6.07) is 9.28. The van der Waals surface area contributed by atoms with E-state index in [1.54, 1.807) is 7.05 Å². The Balaban J connectivity index is 2.48. The van der Waals surface area contributed by atoms with E-state index in [1.165, 1.54) is 11.1 Å². The van der Waals surface area contributed by atoms with Crippen molar-refractivity contribution in [2.75, 3.05) is 25.1 Å². The first-order chi connectivity index (χ1) is 9.88. The maximum absolute atomic E-state index is 12.8. The van der Waals surface area contributed by atoms with E-state index in [0.29, 0.717) is 23.5 Å². The Kier molecular flexibility index (Phi) is 5.10. The van der Waals surface area contributed by atoms with Crippen molar-refractivity contribution in [2.24, 2.45) is 4.36 Å². The van der Waals surface area contributed by atoms with Gasteiger partial charge in [0.15, 0.2) is 0 Å². The predicted octanol–water partition coefficient (Wildman–Crippen LogP) is 3.67. The van der Waals surface area contributed by atoms with Crippen LogP contribution in [0.1, 0.15) is 50.8 Å². The molecule has 4 heteroatoms. The fourth-order valence-corrected chi connectivity index (χ4v) is 5.08. The third kappa shape index (κ3) is 3.49. The molecule has 2 atom stereocenters. The minimum absolute atomic E-state index is 0.216. The van der Waals surface area contributed by atoms with E-state index < -0.39 is 9.73 Å². The molecular formula is C17H28N2OS. The van der Waals surface area contributed by atoms with Gasteiger partial charge in [-0.1, -0.05) is 38.1 Å². The summed E-state index contributed by atoms with van der Waals surface area (Å²) in [5, 5.41) is 0. The summed E-state index contributed by atoms with van der Waals surface area (Å²) in [5.41, 5.74) is 2.70. The summed E-state index contributed by atoms with van der Waals surface area (Å²) in [5.74, 6) is 1.83. The molecule has 0 bridgehead atoms. The average molecular weight is 308 g/mol. The molecule has 1 aliphatic rings. The topological polar surface area (TPSA) is 32.7 Å². The minimum Gasteiger partial charge on any atom is -0.292 e. The highest BCUT2D eigenvalue weighted by Crippen LogP contribution is 2.34. The lowest BCUT2D eigenvalue weighted by Crippen LogP contribution is -2.46. The first-order valence-electron chi connectivity index (χ1n) is 7.83. The molecule has 1 heterocycles. The van der Waals surface area contributed by atoms with Gasteiger partial charge in [-0.2, -0.15) is 0 Å². The second-order valence-electron chi connectivity index (χ2n) is 6.46. The van der Waals surface area contributed by atoms with Gasteiger partial charge in [-0.3, -0.25) is 4.90 Å². The summed E-state index contributed by atoms with van der Waals surface area (Å²) in [6.07, 6.45) is 0.